The third kappa shape index (κ3) is 2.57. The molecule has 0 saturated carbocycles. The predicted octanol–water partition coefficient (Wildman–Crippen LogP) is -0.296. The van der Waals surface area contributed by atoms with E-state index in [1.807, 2.05) is 11.0 Å². The van der Waals surface area contributed by atoms with E-state index in [-0.39, 0.29) is 12.5 Å². The molecule has 1 aromatic heterocycles. The average molecular weight is 210 g/mol. The number of aliphatic hydroxyl groups is 1. The van der Waals surface area contributed by atoms with Crippen molar-refractivity contribution in [1.29, 1.82) is 0 Å². The van der Waals surface area contributed by atoms with Crippen LogP contribution in [-0.2, 0) is 17.9 Å². The van der Waals surface area contributed by atoms with E-state index in [2.05, 4.69) is 5.32 Å². The van der Waals surface area contributed by atoms with Gasteiger partial charge < -0.3 is 14.8 Å². The average Bonchev–Trinajstić information content (AvgIpc) is 2.65. The zero-order chi connectivity index (χ0) is 10.7. The van der Waals surface area contributed by atoms with Gasteiger partial charge in [0.25, 0.3) is 0 Å². The maximum Gasteiger partial charge on any atom is 0.234 e. The van der Waals surface area contributed by atoms with Gasteiger partial charge in [-0.15, -0.1) is 0 Å². The number of amides is 1. The summed E-state index contributed by atoms with van der Waals surface area (Å²) in [6.07, 6.45) is 0. The second-order valence-corrected chi connectivity index (χ2v) is 3.59. The Labute approximate surface area is 87.7 Å². The van der Waals surface area contributed by atoms with E-state index in [4.69, 9.17) is 9.52 Å². The minimum atomic E-state index is -0.0829. The van der Waals surface area contributed by atoms with Gasteiger partial charge in [0.1, 0.15) is 18.1 Å². The molecule has 5 nitrogen and oxygen atoms in total. The number of aliphatic hydroxyl groups excluding tert-OH is 1. The summed E-state index contributed by atoms with van der Waals surface area (Å²) in [4.78, 5) is 13.1. The van der Waals surface area contributed by atoms with Gasteiger partial charge in [-0.25, -0.2) is 0 Å². The third-order valence-corrected chi connectivity index (χ3v) is 2.37. The summed E-state index contributed by atoms with van der Waals surface area (Å²) in [6, 6.07) is 3.58. The molecule has 1 aromatic rings. The van der Waals surface area contributed by atoms with Crippen LogP contribution < -0.4 is 5.32 Å². The number of hydrogen-bond donors (Lipinski definition) is 2. The second-order valence-electron chi connectivity index (χ2n) is 3.59. The number of carbonyl (C=O) groups excluding carboxylic acids is 1. The Morgan fingerprint density at radius 1 is 1.47 bits per heavy atom. The van der Waals surface area contributed by atoms with E-state index < -0.39 is 0 Å². The summed E-state index contributed by atoms with van der Waals surface area (Å²) in [6.45, 7) is 2.47. The number of nitrogens with one attached hydrogen (secondary N) is 1. The summed E-state index contributed by atoms with van der Waals surface area (Å²) in [7, 11) is 0. The summed E-state index contributed by atoms with van der Waals surface area (Å²) in [5, 5.41) is 11.6. The molecular formula is C10H14N2O3. The highest BCUT2D eigenvalue weighted by molar-refractivity contribution is 5.78. The summed E-state index contributed by atoms with van der Waals surface area (Å²) in [5.74, 6) is 1.40. The summed E-state index contributed by atoms with van der Waals surface area (Å²) in [5.41, 5.74) is 0. The first-order chi connectivity index (χ1) is 7.28. The number of hydrogen-bond acceptors (Lipinski definition) is 4. The molecule has 1 aliphatic heterocycles. The molecule has 5 heteroatoms. The summed E-state index contributed by atoms with van der Waals surface area (Å²) >= 11 is 0. The lowest BCUT2D eigenvalue weighted by Gasteiger charge is -2.25. The highest BCUT2D eigenvalue weighted by Gasteiger charge is 2.17. The van der Waals surface area contributed by atoms with Crippen LogP contribution in [0, 0.1) is 0 Å². The Bertz CT molecular complexity index is 348. The van der Waals surface area contributed by atoms with E-state index in [0.717, 1.165) is 12.3 Å². The number of rotatable bonds is 3. The quantitative estimate of drug-likeness (QED) is 0.719. The Morgan fingerprint density at radius 3 is 2.93 bits per heavy atom. The van der Waals surface area contributed by atoms with Crippen molar-refractivity contribution >= 4 is 5.91 Å². The molecule has 2 rings (SSSR count). The van der Waals surface area contributed by atoms with E-state index in [9.17, 15) is 4.79 Å². The minimum absolute atomic E-state index is 0.0511. The van der Waals surface area contributed by atoms with E-state index in [1.54, 1.807) is 6.07 Å². The van der Waals surface area contributed by atoms with Crippen molar-refractivity contribution in [2.75, 3.05) is 19.6 Å². The maximum absolute atomic E-state index is 11.1. The SMILES string of the molecule is O=C1CN(Cc2ccc(CO)o2)CCN1. The van der Waals surface area contributed by atoms with Gasteiger partial charge in [-0.3, -0.25) is 9.69 Å². The fourth-order valence-electron chi connectivity index (χ4n) is 1.64. The molecule has 0 atom stereocenters. The fraction of sp³-hybridized carbons (Fsp3) is 0.500. The molecule has 0 bridgehead atoms. The molecule has 2 N–H and O–H groups in total. The van der Waals surface area contributed by atoms with Crippen molar-refractivity contribution in [2.24, 2.45) is 0 Å². The maximum atomic E-state index is 11.1. The van der Waals surface area contributed by atoms with Crippen LogP contribution in [0.25, 0.3) is 0 Å². The first kappa shape index (κ1) is 10.2. The van der Waals surface area contributed by atoms with Gasteiger partial charge in [0.05, 0.1) is 13.1 Å². The Hall–Kier alpha value is -1.33. The molecule has 1 saturated heterocycles. The van der Waals surface area contributed by atoms with Crippen molar-refractivity contribution in [1.82, 2.24) is 10.2 Å². The van der Waals surface area contributed by atoms with Gasteiger partial charge in [0, 0.05) is 13.1 Å². The Kier molecular flexibility index (Phi) is 3.03. The molecule has 1 amide bonds. The van der Waals surface area contributed by atoms with E-state index >= 15 is 0 Å². The zero-order valence-corrected chi connectivity index (χ0v) is 8.40. The Morgan fingerprint density at radius 2 is 2.27 bits per heavy atom. The largest absolute Gasteiger partial charge is 0.462 e. The van der Waals surface area contributed by atoms with Gasteiger partial charge in [-0.1, -0.05) is 0 Å². The number of nitrogens with zero attached hydrogens (tertiary/aromatic N) is 1. The van der Waals surface area contributed by atoms with Gasteiger partial charge in [0.15, 0.2) is 0 Å². The summed E-state index contributed by atoms with van der Waals surface area (Å²) < 4.78 is 5.35. The van der Waals surface area contributed by atoms with Crippen molar-refractivity contribution in [2.45, 2.75) is 13.2 Å². The number of furan rings is 1. The van der Waals surface area contributed by atoms with Crippen LogP contribution in [0.3, 0.4) is 0 Å². The predicted molar refractivity (Wildman–Crippen MR) is 52.9 cm³/mol. The van der Waals surface area contributed by atoms with Crippen LogP contribution in [0.2, 0.25) is 0 Å². The molecule has 1 fully saturated rings. The zero-order valence-electron chi connectivity index (χ0n) is 8.40. The van der Waals surface area contributed by atoms with Crippen molar-refractivity contribution in [3.05, 3.63) is 23.7 Å². The molecule has 0 radical (unpaired) electrons. The normalized spacial score (nSPS) is 17.8. The molecule has 2 heterocycles. The lowest BCUT2D eigenvalue weighted by atomic mass is 10.3. The molecule has 0 unspecified atom stereocenters. The first-order valence-electron chi connectivity index (χ1n) is 4.95. The lowest BCUT2D eigenvalue weighted by Crippen LogP contribution is -2.47. The minimum Gasteiger partial charge on any atom is -0.462 e. The van der Waals surface area contributed by atoms with E-state index in [1.165, 1.54) is 0 Å². The van der Waals surface area contributed by atoms with Gasteiger partial charge in [-0.2, -0.15) is 0 Å². The molecule has 15 heavy (non-hydrogen) atoms. The van der Waals surface area contributed by atoms with Crippen molar-refractivity contribution < 1.29 is 14.3 Å². The van der Waals surface area contributed by atoms with Gasteiger partial charge >= 0.3 is 0 Å². The van der Waals surface area contributed by atoms with Crippen LogP contribution in [0.15, 0.2) is 16.5 Å². The molecular weight excluding hydrogens is 196 g/mol. The smallest absolute Gasteiger partial charge is 0.234 e. The molecule has 1 aliphatic rings. The van der Waals surface area contributed by atoms with Crippen LogP contribution in [0.5, 0.6) is 0 Å². The molecule has 0 aliphatic carbocycles. The van der Waals surface area contributed by atoms with E-state index in [0.29, 0.717) is 25.4 Å². The topological polar surface area (TPSA) is 65.7 Å². The Balaban J connectivity index is 1.93. The lowest BCUT2D eigenvalue weighted by molar-refractivity contribution is -0.124. The van der Waals surface area contributed by atoms with Crippen molar-refractivity contribution in [3.8, 4) is 0 Å². The highest BCUT2D eigenvalue weighted by atomic mass is 16.4. The molecule has 0 aromatic carbocycles. The van der Waals surface area contributed by atoms with Gasteiger partial charge in [0.2, 0.25) is 5.91 Å². The second kappa shape index (κ2) is 4.46. The van der Waals surface area contributed by atoms with Crippen LogP contribution in [0.4, 0.5) is 0 Å². The highest BCUT2D eigenvalue weighted by Crippen LogP contribution is 2.10. The molecule has 0 spiro atoms. The van der Waals surface area contributed by atoms with Crippen LogP contribution in [0.1, 0.15) is 11.5 Å². The first-order valence-corrected chi connectivity index (χ1v) is 4.95. The van der Waals surface area contributed by atoms with Crippen LogP contribution in [-0.4, -0.2) is 35.5 Å². The van der Waals surface area contributed by atoms with Crippen molar-refractivity contribution in [3.63, 3.8) is 0 Å². The van der Waals surface area contributed by atoms with Crippen LogP contribution >= 0.6 is 0 Å². The van der Waals surface area contributed by atoms with Gasteiger partial charge in [-0.05, 0) is 12.1 Å². The fourth-order valence-corrected chi connectivity index (χ4v) is 1.64. The number of piperazine rings is 1. The molecule has 82 valence electrons. The number of carbonyl (C=O) groups is 1. The standard InChI is InChI=1S/C10H14N2O3/c13-7-9-2-1-8(15-9)5-12-4-3-11-10(14)6-12/h1-2,13H,3-7H2,(H,11,14). The monoisotopic (exact) mass is 210 g/mol. The third-order valence-electron chi connectivity index (χ3n) is 2.37.